The van der Waals surface area contributed by atoms with Gasteiger partial charge >= 0.3 is 0 Å². The van der Waals surface area contributed by atoms with E-state index in [1.165, 1.54) is 11.5 Å². The van der Waals surface area contributed by atoms with Gasteiger partial charge in [-0.2, -0.15) is 0 Å². The zero-order valence-electron chi connectivity index (χ0n) is 9.64. The summed E-state index contributed by atoms with van der Waals surface area (Å²) in [5, 5.41) is 14.7. The van der Waals surface area contributed by atoms with Gasteiger partial charge in [0.2, 0.25) is 0 Å². The topological polar surface area (TPSA) is 46.0 Å². The van der Waals surface area contributed by atoms with Gasteiger partial charge in [0.05, 0.1) is 10.6 Å². The van der Waals surface area contributed by atoms with E-state index in [0.29, 0.717) is 10.6 Å². The first kappa shape index (κ1) is 11.8. The zero-order valence-corrected chi connectivity index (χ0v) is 10.5. The second-order valence-corrected chi connectivity index (χ2v) is 4.39. The Balaban J connectivity index is 2.62. The third-order valence-electron chi connectivity index (χ3n) is 2.48. The van der Waals surface area contributed by atoms with E-state index in [2.05, 4.69) is 21.4 Å². The van der Waals surface area contributed by atoms with Gasteiger partial charge in [-0.15, -0.1) is 11.0 Å². The molecule has 0 saturated heterocycles. The highest BCUT2D eigenvalue weighted by Gasteiger charge is 2.33. The van der Waals surface area contributed by atoms with Gasteiger partial charge in [-0.25, -0.2) is 0 Å². The summed E-state index contributed by atoms with van der Waals surface area (Å²) in [4.78, 5) is 0.679. The first-order chi connectivity index (χ1) is 8.18. The fraction of sp³-hybridized carbons (Fsp3) is 0.231. The van der Waals surface area contributed by atoms with Crippen LogP contribution in [0.5, 0.6) is 0 Å². The Bertz CT molecular complexity index is 568. The third-order valence-corrected chi connectivity index (χ3v) is 3.41. The maximum atomic E-state index is 10.8. The Kier molecular flexibility index (Phi) is 3.23. The number of benzene rings is 1. The van der Waals surface area contributed by atoms with Gasteiger partial charge in [0, 0.05) is 5.56 Å². The van der Waals surface area contributed by atoms with Gasteiger partial charge < -0.3 is 5.11 Å². The number of rotatable bonds is 2. The first-order valence-corrected chi connectivity index (χ1v) is 5.97. The minimum atomic E-state index is -1.31. The molecule has 86 valence electrons. The Hall–Kier alpha value is -1.70. The molecule has 2 rings (SSSR count). The van der Waals surface area contributed by atoms with Gasteiger partial charge in [-0.3, -0.25) is 0 Å². The van der Waals surface area contributed by atoms with Crippen molar-refractivity contribution < 1.29 is 5.11 Å². The quantitative estimate of drug-likeness (QED) is 0.823. The summed E-state index contributed by atoms with van der Waals surface area (Å²) < 4.78 is 3.86. The van der Waals surface area contributed by atoms with Gasteiger partial charge in [-0.05, 0) is 25.4 Å². The van der Waals surface area contributed by atoms with E-state index in [-0.39, 0.29) is 0 Å². The lowest BCUT2D eigenvalue weighted by atomic mass is 9.92. The molecule has 17 heavy (non-hydrogen) atoms. The molecular formula is C13H12N2OS. The highest BCUT2D eigenvalue weighted by atomic mass is 32.1. The van der Waals surface area contributed by atoms with E-state index in [1.54, 1.807) is 6.92 Å². The molecule has 0 aliphatic rings. The minimum Gasteiger partial charge on any atom is -0.369 e. The lowest BCUT2D eigenvalue weighted by Gasteiger charge is -2.21. The van der Waals surface area contributed by atoms with E-state index in [4.69, 9.17) is 0 Å². The summed E-state index contributed by atoms with van der Waals surface area (Å²) in [6, 6.07) is 9.36. The van der Waals surface area contributed by atoms with Crippen molar-refractivity contribution in [3.05, 3.63) is 46.5 Å². The molecule has 1 heterocycles. The second-order valence-electron chi connectivity index (χ2n) is 3.64. The van der Waals surface area contributed by atoms with Crippen molar-refractivity contribution in [3.63, 3.8) is 0 Å². The van der Waals surface area contributed by atoms with Crippen LogP contribution in [0, 0.1) is 18.8 Å². The van der Waals surface area contributed by atoms with E-state index < -0.39 is 5.60 Å². The number of aromatic nitrogens is 2. The molecule has 0 fully saturated rings. The lowest BCUT2D eigenvalue weighted by molar-refractivity contribution is 0.148. The molecule has 3 nitrogen and oxygen atoms in total. The van der Waals surface area contributed by atoms with Crippen molar-refractivity contribution in [1.29, 1.82) is 0 Å². The van der Waals surface area contributed by atoms with Crippen LogP contribution in [-0.4, -0.2) is 14.7 Å². The van der Waals surface area contributed by atoms with Crippen molar-refractivity contribution in [3.8, 4) is 11.8 Å². The van der Waals surface area contributed by atoms with Crippen molar-refractivity contribution in [2.75, 3.05) is 0 Å². The highest BCUT2D eigenvalue weighted by Crippen LogP contribution is 2.32. The average Bonchev–Trinajstić information content (AvgIpc) is 2.77. The predicted molar refractivity (Wildman–Crippen MR) is 67.5 cm³/mol. The summed E-state index contributed by atoms with van der Waals surface area (Å²) in [5.74, 6) is 5.63. The molecule has 0 radical (unpaired) electrons. The molecule has 0 saturated carbocycles. The summed E-state index contributed by atoms with van der Waals surface area (Å²) in [6.45, 7) is 3.53. The molecule has 1 aromatic carbocycles. The molecule has 0 spiro atoms. The van der Waals surface area contributed by atoms with Crippen LogP contribution in [0.15, 0.2) is 30.3 Å². The normalized spacial score (nSPS) is 13.6. The van der Waals surface area contributed by atoms with Gasteiger partial charge in [0.1, 0.15) is 0 Å². The fourth-order valence-corrected chi connectivity index (χ4v) is 2.40. The molecular weight excluding hydrogens is 232 g/mol. The first-order valence-electron chi connectivity index (χ1n) is 5.19. The standard InChI is InChI=1S/C13H12N2OS/c1-3-9-13(16,11-7-5-4-6-8-11)12-10(2)14-15-17-12/h4-8,16H,1-2H3. The second kappa shape index (κ2) is 4.66. The molecule has 0 aliphatic heterocycles. The Morgan fingerprint density at radius 3 is 2.53 bits per heavy atom. The van der Waals surface area contributed by atoms with Crippen molar-refractivity contribution in [2.45, 2.75) is 19.4 Å². The summed E-state index contributed by atoms with van der Waals surface area (Å²) in [5.41, 5.74) is 0.140. The number of hydrogen-bond donors (Lipinski definition) is 1. The average molecular weight is 244 g/mol. The predicted octanol–water partition coefficient (Wildman–Crippen LogP) is 2.11. The summed E-state index contributed by atoms with van der Waals surface area (Å²) >= 11 is 1.18. The van der Waals surface area contributed by atoms with E-state index in [1.807, 2.05) is 37.3 Å². The molecule has 1 N–H and O–H groups in total. The molecule has 1 aromatic heterocycles. The fourth-order valence-electron chi connectivity index (χ4n) is 1.68. The summed E-state index contributed by atoms with van der Waals surface area (Å²) in [7, 11) is 0. The van der Waals surface area contributed by atoms with Crippen molar-refractivity contribution in [1.82, 2.24) is 9.59 Å². The van der Waals surface area contributed by atoms with Crippen LogP contribution in [0.3, 0.4) is 0 Å². The van der Waals surface area contributed by atoms with Crippen LogP contribution in [0.1, 0.15) is 23.1 Å². The molecule has 0 aliphatic carbocycles. The molecule has 2 aromatic rings. The van der Waals surface area contributed by atoms with Crippen LogP contribution in [0.2, 0.25) is 0 Å². The Labute approximate surface area is 104 Å². The molecule has 4 heteroatoms. The Morgan fingerprint density at radius 1 is 1.29 bits per heavy atom. The largest absolute Gasteiger partial charge is 0.369 e. The SMILES string of the molecule is CC#CC(O)(c1ccccc1)c1snnc1C. The lowest BCUT2D eigenvalue weighted by Crippen LogP contribution is -2.25. The van der Waals surface area contributed by atoms with Gasteiger partial charge in [0.15, 0.2) is 5.60 Å². The number of aliphatic hydroxyl groups is 1. The zero-order chi connectivity index (χ0) is 12.3. The molecule has 1 unspecified atom stereocenters. The number of hydrogen-bond acceptors (Lipinski definition) is 4. The molecule has 0 amide bonds. The van der Waals surface area contributed by atoms with E-state index in [0.717, 1.165) is 5.56 Å². The number of aryl methyl sites for hydroxylation is 1. The smallest absolute Gasteiger partial charge is 0.189 e. The molecule has 0 bridgehead atoms. The van der Waals surface area contributed by atoms with Crippen LogP contribution < -0.4 is 0 Å². The summed E-state index contributed by atoms with van der Waals surface area (Å²) in [6.07, 6.45) is 0. The van der Waals surface area contributed by atoms with Gasteiger partial charge in [0.25, 0.3) is 0 Å². The monoisotopic (exact) mass is 244 g/mol. The van der Waals surface area contributed by atoms with Crippen LogP contribution in [0.4, 0.5) is 0 Å². The van der Waals surface area contributed by atoms with E-state index >= 15 is 0 Å². The van der Waals surface area contributed by atoms with E-state index in [9.17, 15) is 5.11 Å². The maximum absolute atomic E-state index is 10.8. The van der Waals surface area contributed by atoms with Gasteiger partial charge in [-0.1, -0.05) is 40.7 Å². The minimum absolute atomic E-state index is 0.679. The highest BCUT2D eigenvalue weighted by molar-refractivity contribution is 7.05. The van der Waals surface area contributed by atoms with Crippen molar-refractivity contribution in [2.24, 2.45) is 0 Å². The number of nitrogens with zero attached hydrogens (tertiary/aromatic N) is 2. The van der Waals surface area contributed by atoms with Crippen LogP contribution in [-0.2, 0) is 5.60 Å². The van der Waals surface area contributed by atoms with Crippen LogP contribution in [0.25, 0.3) is 0 Å². The third kappa shape index (κ3) is 2.07. The molecule has 1 atom stereocenters. The van der Waals surface area contributed by atoms with Crippen LogP contribution >= 0.6 is 11.5 Å². The van der Waals surface area contributed by atoms with Crippen molar-refractivity contribution >= 4 is 11.5 Å². The maximum Gasteiger partial charge on any atom is 0.189 e. The Morgan fingerprint density at radius 2 is 2.00 bits per heavy atom.